The molecule has 0 spiro atoms. The quantitative estimate of drug-likeness (QED) is 0.851. The first-order chi connectivity index (χ1) is 9.20. The highest BCUT2D eigenvalue weighted by molar-refractivity contribution is 6.28. The maximum atomic E-state index is 13.7. The van der Waals surface area contributed by atoms with Crippen LogP contribution in [0.15, 0.2) is 40.8 Å². The molecule has 2 nitrogen and oxygen atoms in total. The summed E-state index contributed by atoms with van der Waals surface area (Å²) in [5.41, 5.74) is 0.670. The van der Waals surface area contributed by atoms with Gasteiger partial charge in [0, 0.05) is 0 Å². The van der Waals surface area contributed by atoms with Gasteiger partial charge < -0.3 is 9.73 Å². The van der Waals surface area contributed by atoms with Crippen LogP contribution in [0, 0.1) is 5.82 Å². The highest BCUT2D eigenvalue weighted by Gasteiger charge is 2.17. The van der Waals surface area contributed by atoms with Gasteiger partial charge in [-0.3, -0.25) is 0 Å². The summed E-state index contributed by atoms with van der Waals surface area (Å²) in [6.45, 7) is 2.93. The van der Waals surface area contributed by atoms with Gasteiger partial charge in [-0.2, -0.15) is 0 Å². The van der Waals surface area contributed by atoms with Crippen molar-refractivity contribution in [1.29, 1.82) is 0 Å². The molecular formula is C15H17ClFNO. The van der Waals surface area contributed by atoms with Crippen molar-refractivity contribution in [3.8, 4) is 0 Å². The summed E-state index contributed by atoms with van der Waals surface area (Å²) < 4.78 is 19.1. The summed E-state index contributed by atoms with van der Waals surface area (Å²) in [6, 6.07) is 10.3. The van der Waals surface area contributed by atoms with Gasteiger partial charge in [0.05, 0.1) is 6.04 Å². The molecule has 0 fully saturated rings. The van der Waals surface area contributed by atoms with Gasteiger partial charge in [-0.05, 0) is 54.7 Å². The van der Waals surface area contributed by atoms with Crippen molar-refractivity contribution in [3.63, 3.8) is 0 Å². The van der Waals surface area contributed by atoms with Crippen LogP contribution < -0.4 is 5.32 Å². The second kappa shape index (κ2) is 6.73. The minimum Gasteiger partial charge on any atom is -0.448 e. The number of hydrogen-bond donors (Lipinski definition) is 1. The molecule has 0 saturated carbocycles. The predicted molar refractivity (Wildman–Crippen MR) is 74.9 cm³/mol. The fraction of sp³-hybridized carbons (Fsp3) is 0.333. The maximum Gasteiger partial charge on any atom is 0.193 e. The number of furan rings is 1. The van der Waals surface area contributed by atoms with E-state index in [1.54, 1.807) is 18.2 Å². The SMILES string of the molecule is CCCNC(Cc1ccccc1F)c1ccc(Cl)o1. The largest absolute Gasteiger partial charge is 0.448 e. The monoisotopic (exact) mass is 281 g/mol. The van der Waals surface area contributed by atoms with E-state index in [0.717, 1.165) is 18.7 Å². The van der Waals surface area contributed by atoms with Crippen LogP contribution in [0.4, 0.5) is 4.39 Å². The van der Waals surface area contributed by atoms with E-state index in [4.69, 9.17) is 16.0 Å². The van der Waals surface area contributed by atoms with Gasteiger partial charge >= 0.3 is 0 Å². The maximum absolute atomic E-state index is 13.7. The van der Waals surface area contributed by atoms with E-state index in [1.165, 1.54) is 6.07 Å². The lowest BCUT2D eigenvalue weighted by atomic mass is 10.0. The first kappa shape index (κ1) is 14.1. The smallest absolute Gasteiger partial charge is 0.193 e. The van der Waals surface area contributed by atoms with E-state index in [2.05, 4.69) is 12.2 Å². The van der Waals surface area contributed by atoms with E-state index in [1.807, 2.05) is 12.1 Å². The van der Waals surface area contributed by atoms with Gasteiger partial charge in [0.25, 0.3) is 0 Å². The fourth-order valence-electron chi connectivity index (χ4n) is 1.99. The second-order valence-electron chi connectivity index (χ2n) is 4.44. The molecule has 19 heavy (non-hydrogen) atoms. The molecule has 1 aromatic heterocycles. The summed E-state index contributed by atoms with van der Waals surface area (Å²) in [5, 5.41) is 3.71. The third-order valence-corrected chi connectivity index (χ3v) is 3.16. The Morgan fingerprint density at radius 1 is 1.26 bits per heavy atom. The van der Waals surface area contributed by atoms with Crippen LogP contribution in [0.1, 0.15) is 30.7 Å². The van der Waals surface area contributed by atoms with Crippen LogP contribution in [-0.4, -0.2) is 6.54 Å². The van der Waals surface area contributed by atoms with Gasteiger partial charge in [-0.1, -0.05) is 25.1 Å². The minimum absolute atomic E-state index is 0.0654. The zero-order valence-electron chi connectivity index (χ0n) is 10.8. The third-order valence-electron chi connectivity index (χ3n) is 2.96. The molecular weight excluding hydrogens is 265 g/mol. The van der Waals surface area contributed by atoms with Gasteiger partial charge in [0.1, 0.15) is 11.6 Å². The standard InChI is InChI=1S/C15H17ClFNO/c1-2-9-18-13(14-7-8-15(16)19-14)10-11-5-3-4-6-12(11)17/h3-8,13,18H,2,9-10H2,1H3. The first-order valence-corrected chi connectivity index (χ1v) is 6.80. The molecule has 2 rings (SSSR count). The van der Waals surface area contributed by atoms with Crippen molar-refractivity contribution >= 4 is 11.6 Å². The van der Waals surface area contributed by atoms with Crippen LogP contribution >= 0.6 is 11.6 Å². The van der Waals surface area contributed by atoms with Crippen LogP contribution in [0.3, 0.4) is 0 Å². The Bertz CT molecular complexity index is 526. The zero-order chi connectivity index (χ0) is 13.7. The molecule has 0 aliphatic carbocycles. The Kier molecular flexibility index (Phi) is 5.00. The molecule has 0 aliphatic rings. The average Bonchev–Trinajstić information content (AvgIpc) is 2.83. The summed E-state index contributed by atoms with van der Waals surface area (Å²) in [4.78, 5) is 0. The van der Waals surface area contributed by atoms with Gasteiger partial charge in [-0.25, -0.2) is 4.39 Å². The highest BCUT2D eigenvalue weighted by atomic mass is 35.5. The molecule has 0 radical (unpaired) electrons. The van der Waals surface area contributed by atoms with Crippen molar-refractivity contribution in [2.75, 3.05) is 6.54 Å². The van der Waals surface area contributed by atoms with E-state index >= 15 is 0 Å². The van der Waals surface area contributed by atoms with Crippen LogP contribution in [0.25, 0.3) is 0 Å². The highest BCUT2D eigenvalue weighted by Crippen LogP contribution is 2.24. The molecule has 0 amide bonds. The van der Waals surface area contributed by atoms with Crippen molar-refractivity contribution in [3.05, 3.63) is 58.8 Å². The second-order valence-corrected chi connectivity index (χ2v) is 4.82. The number of halogens is 2. The van der Waals surface area contributed by atoms with Crippen LogP contribution in [-0.2, 0) is 6.42 Å². The van der Waals surface area contributed by atoms with E-state index in [-0.39, 0.29) is 11.9 Å². The van der Waals surface area contributed by atoms with Crippen molar-refractivity contribution in [1.82, 2.24) is 5.32 Å². The number of benzene rings is 1. The molecule has 102 valence electrons. The van der Waals surface area contributed by atoms with E-state index < -0.39 is 0 Å². The Hall–Kier alpha value is -1.32. The van der Waals surface area contributed by atoms with Crippen molar-refractivity contribution in [2.24, 2.45) is 0 Å². The Morgan fingerprint density at radius 3 is 2.68 bits per heavy atom. The Balaban J connectivity index is 2.16. The van der Waals surface area contributed by atoms with Crippen molar-refractivity contribution in [2.45, 2.75) is 25.8 Å². The number of hydrogen-bond acceptors (Lipinski definition) is 2. The molecule has 1 unspecified atom stereocenters. The van der Waals surface area contributed by atoms with Gasteiger partial charge in [0.2, 0.25) is 0 Å². The molecule has 1 aromatic carbocycles. The molecule has 0 saturated heterocycles. The lowest BCUT2D eigenvalue weighted by Crippen LogP contribution is -2.24. The summed E-state index contributed by atoms with van der Waals surface area (Å²) >= 11 is 5.80. The number of rotatable bonds is 6. The van der Waals surface area contributed by atoms with Crippen LogP contribution in [0.5, 0.6) is 0 Å². The molecule has 0 bridgehead atoms. The average molecular weight is 282 g/mol. The summed E-state index contributed by atoms with van der Waals surface area (Å²) in [5.74, 6) is 0.546. The topological polar surface area (TPSA) is 25.2 Å². The zero-order valence-corrected chi connectivity index (χ0v) is 11.6. The molecule has 4 heteroatoms. The van der Waals surface area contributed by atoms with E-state index in [0.29, 0.717) is 17.2 Å². The van der Waals surface area contributed by atoms with Crippen molar-refractivity contribution < 1.29 is 8.81 Å². The minimum atomic E-state index is -0.191. The first-order valence-electron chi connectivity index (χ1n) is 6.42. The van der Waals surface area contributed by atoms with Gasteiger partial charge in [0.15, 0.2) is 5.22 Å². The molecule has 1 heterocycles. The fourth-order valence-corrected chi connectivity index (χ4v) is 2.14. The summed E-state index contributed by atoms with van der Waals surface area (Å²) in [7, 11) is 0. The van der Waals surface area contributed by atoms with Crippen LogP contribution in [0.2, 0.25) is 5.22 Å². The van der Waals surface area contributed by atoms with Gasteiger partial charge in [-0.15, -0.1) is 0 Å². The Morgan fingerprint density at radius 2 is 2.05 bits per heavy atom. The molecule has 1 atom stereocenters. The predicted octanol–water partition coefficient (Wildman–Crippen LogP) is 4.36. The molecule has 2 aromatic rings. The lowest BCUT2D eigenvalue weighted by molar-refractivity contribution is 0.407. The normalized spacial score (nSPS) is 12.6. The van der Waals surface area contributed by atoms with E-state index in [9.17, 15) is 4.39 Å². The Labute approximate surface area is 117 Å². The molecule has 1 N–H and O–H groups in total. The number of nitrogens with one attached hydrogen (secondary N) is 1. The molecule has 0 aliphatic heterocycles. The summed E-state index contributed by atoms with van der Waals surface area (Å²) in [6.07, 6.45) is 1.54. The third kappa shape index (κ3) is 3.82. The lowest BCUT2D eigenvalue weighted by Gasteiger charge is -2.16.